The number of sulfonamides is 1. The highest BCUT2D eigenvalue weighted by Crippen LogP contribution is 2.05. The minimum absolute atomic E-state index is 0.0272. The summed E-state index contributed by atoms with van der Waals surface area (Å²) in [7, 11) is -1.76. The van der Waals surface area contributed by atoms with Crippen molar-refractivity contribution in [2.24, 2.45) is 5.73 Å². The van der Waals surface area contributed by atoms with Crippen LogP contribution >= 0.6 is 12.2 Å². The van der Waals surface area contributed by atoms with Gasteiger partial charge in [0.1, 0.15) is 5.25 Å². The molecule has 17 heavy (non-hydrogen) atoms. The van der Waals surface area contributed by atoms with E-state index in [1.165, 1.54) is 0 Å². The molecule has 0 aliphatic carbocycles. The first-order chi connectivity index (χ1) is 7.95. The Hall–Kier alpha value is -0.240. The van der Waals surface area contributed by atoms with Crippen LogP contribution in [0.4, 0.5) is 0 Å². The van der Waals surface area contributed by atoms with Crippen molar-refractivity contribution >= 4 is 27.2 Å². The van der Waals surface area contributed by atoms with Gasteiger partial charge in [-0.15, -0.1) is 0 Å². The molecule has 0 heterocycles. The van der Waals surface area contributed by atoms with Gasteiger partial charge in [-0.25, -0.2) is 13.1 Å². The standard InChI is InChI=1S/C10H22N2O3S2/c1-3-9(10(11)16)17(13,14)12-7-5-4-6-8-15-2/h9,12H,3-8H2,1-2H3,(H2,11,16). The zero-order valence-corrected chi connectivity index (χ0v) is 12.1. The smallest absolute Gasteiger partial charge is 0.220 e. The Morgan fingerprint density at radius 3 is 2.53 bits per heavy atom. The van der Waals surface area contributed by atoms with E-state index < -0.39 is 15.3 Å². The molecule has 0 amide bonds. The topological polar surface area (TPSA) is 81.4 Å². The SMILES string of the molecule is CCC(C(N)=S)S(=O)(=O)NCCCCCOC. The number of ether oxygens (including phenoxy) is 1. The molecule has 0 aromatic rings. The highest BCUT2D eigenvalue weighted by molar-refractivity contribution is 7.93. The van der Waals surface area contributed by atoms with E-state index >= 15 is 0 Å². The highest BCUT2D eigenvalue weighted by Gasteiger charge is 2.25. The summed E-state index contributed by atoms with van der Waals surface area (Å²) in [4.78, 5) is 0.0272. The molecule has 0 radical (unpaired) electrons. The summed E-state index contributed by atoms with van der Waals surface area (Å²) in [6.07, 6.45) is 3.05. The van der Waals surface area contributed by atoms with Gasteiger partial charge in [-0.1, -0.05) is 19.1 Å². The molecule has 0 aliphatic heterocycles. The maximum absolute atomic E-state index is 11.8. The molecule has 0 aromatic heterocycles. The van der Waals surface area contributed by atoms with Crippen molar-refractivity contribution in [2.75, 3.05) is 20.3 Å². The van der Waals surface area contributed by atoms with Crippen molar-refractivity contribution in [1.29, 1.82) is 0 Å². The van der Waals surface area contributed by atoms with Crippen molar-refractivity contribution in [3.05, 3.63) is 0 Å². The Labute approximate surface area is 109 Å². The van der Waals surface area contributed by atoms with Crippen LogP contribution < -0.4 is 10.5 Å². The number of nitrogens with one attached hydrogen (secondary N) is 1. The first-order valence-corrected chi connectivity index (χ1v) is 7.68. The summed E-state index contributed by atoms with van der Waals surface area (Å²) in [5.41, 5.74) is 5.40. The first-order valence-electron chi connectivity index (χ1n) is 5.72. The van der Waals surface area contributed by atoms with E-state index in [2.05, 4.69) is 4.72 Å². The van der Waals surface area contributed by atoms with Gasteiger partial charge in [-0.2, -0.15) is 0 Å². The molecule has 0 fully saturated rings. The molecule has 1 unspecified atom stereocenters. The Kier molecular flexibility index (Phi) is 8.67. The van der Waals surface area contributed by atoms with E-state index in [-0.39, 0.29) is 4.99 Å². The minimum atomic E-state index is -3.41. The largest absolute Gasteiger partial charge is 0.392 e. The van der Waals surface area contributed by atoms with Crippen molar-refractivity contribution in [3.8, 4) is 0 Å². The maximum atomic E-state index is 11.8. The van der Waals surface area contributed by atoms with E-state index in [0.29, 0.717) is 19.6 Å². The summed E-state index contributed by atoms with van der Waals surface area (Å²) in [6.45, 7) is 2.88. The summed E-state index contributed by atoms with van der Waals surface area (Å²) in [5, 5.41) is -0.767. The number of thiocarbonyl (C=S) groups is 1. The van der Waals surface area contributed by atoms with Crippen molar-refractivity contribution < 1.29 is 13.2 Å². The third-order valence-electron chi connectivity index (χ3n) is 2.39. The molecule has 102 valence electrons. The number of rotatable bonds is 10. The Balaban J connectivity index is 3.97. The number of hydrogen-bond acceptors (Lipinski definition) is 4. The van der Waals surface area contributed by atoms with Crippen molar-refractivity contribution in [1.82, 2.24) is 4.72 Å². The summed E-state index contributed by atoms with van der Waals surface area (Å²) >= 11 is 4.74. The molecular formula is C10H22N2O3S2. The van der Waals surface area contributed by atoms with Crippen LogP contribution in [-0.4, -0.2) is 38.9 Å². The fourth-order valence-electron chi connectivity index (χ4n) is 1.44. The lowest BCUT2D eigenvalue weighted by molar-refractivity contribution is 0.192. The van der Waals surface area contributed by atoms with Crippen LogP contribution in [0.1, 0.15) is 32.6 Å². The second-order valence-corrected chi connectivity index (χ2v) is 6.21. The molecule has 0 aromatic carbocycles. The van der Waals surface area contributed by atoms with Crippen LogP contribution in [0.15, 0.2) is 0 Å². The van der Waals surface area contributed by atoms with E-state index in [1.807, 2.05) is 0 Å². The second-order valence-electron chi connectivity index (χ2n) is 3.79. The highest BCUT2D eigenvalue weighted by atomic mass is 32.2. The fraction of sp³-hybridized carbons (Fsp3) is 0.900. The molecule has 0 rings (SSSR count). The summed E-state index contributed by atoms with van der Waals surface area (Å²) in [6, 6.07) is 0. The number of nitrogens with two attached hydrogens (primary N) is 1. The lowest BCUT2D eigenvalue weighted by Crippen LogP contribution is -2.41. The van der Waals surface area contributed by atoms with Gasteiger partial charge in [-0.3, -0.25) is 0 Å². The zero-order chi connectivity index (χ0) is 13.3. The van der Waals surface area contributed by atoms with Gasteiger partial charge in [0.15, 0.2) is 0 Å². The molecule has 7 heteroatoms. The molecule has 0 saturated heterocycles. The molecule has 0 spiro atoms. The average Bonchev–Trinajstić information content (AvgIpc) is 2.23. The van der Waals surface area contributed by atoms with E-state index in [1.54, 1.807) is 14.0 Å². The number of unbranched alkanes of at least 4 members (excludes halogenated alkanes) is 2. The second kappa shape index (κ2) is 8.79. The van der Waals surface area contributed by atoms with Crippen molar-refractivity contribution in [2.45, 2.75) is 37.9 Å². The summed E-state index contributed by atoms with van der Waals surface area (Å²) < 4.78 is 31.0. The molecule has 1 atom stereocenters. The minimum Gasteiger partial charge on any atom is -0.392 e. The predicted octanol–water partition coefficient (Wildman–Crippen LogP) is 0.787. The third-order valence-corrected chi connectivity index (χ3v) is 4.77. The average molecular weight is 282 g/mol. The maximum Gasteiger partial charge on any atom is 0.220 e. The Morgan fingerprint density at radius 1 is 1.41 bits per heavy atom. The van der Waals surface area contributed by atoms with E-state index in [0.717, 1.165) is 19.3 Å². The van der Waals surface area contributed by atoms with Crippen LogP contribution in [0, 0.1) is 0 Å². The number of methoxy groups -OCH3 is 1. The van der Waals surface area contributed by atoms with Gasteiger partial charge in [0.25, 0.3) is 0 Å². The quantitative estimate of drug-likeness (QED) is 0.457. The Bertz CT molecular complexity index is 318. The van der Waals surface area contributed by atoms with Crippen LogP contribution in [0.3, 0.4) is 0 Å². The van der Waals surface area contributed by atoms with Gasteiger partial charge in [0.2, 0.25) is 10.0 Å². The number of hydrogen-bond donors (Lipinski definition) is 2. The molecule has 0 aliphatic rings. The molecule has 0 bridgehead atoms. The van der Waals surface area contributed by atoms with E-state index in [9.17, 15) is 8.42 Å². The third kappa shape index (κ3) is 6.92. The van der Waals surface area contributed by atoms with Gasteiger partial charge >= 0.3 is 0 Å². The zero-order valence-electron chi connectivity index (χ0n) is 10.4. The van der Waals surface area contributed by atoms with Gasteiger partial charge in [0.05, 0.1) is 4.99 Å². The normalized spacial score (nSPS) is 13.5. The monoisotopic (exact) mass is 282 g/mol. The molecule has 3 N–H and O–H groups in total. The summed E-state index contributed by atoms with van der Waals surface area (Å²) in [5.74, 6) is 0. The molecule has 5 nitrogen and oxygen atoms in total. The van der Waals surface area contributed by atoms with Gasteiger partial charge < -0.3 is 10.5 Å². The lowest BCUT2D eigenvalue weighted by Gasteiger charge is -2.15. The Morgan fingerprint density at radius 2 is 2.06 bits per heavy atom. The fourth-order valence-corrected chi connectivity index (χ4v) is 3.36. The lowest BCUT2D eigenvalue weighted by atomic mass is 10.2. The molecule has 0 saturated carbocycles. The van der Waals surface area contributed by atoms with Gasteiger partial charge in [0, 0.05) is 20.3 Å². The van der Waals surface area contributed by atoms with Crippen LogP contribution in [0.5, 0.6) is 0 Å². The van der Waals surface area contributed by atoms with E-state index in [4.69, 9.17) is 22.7 Å². The first kappa shape index (κ1) is 16.8. The predicted molar refractivity (Wildman–Crippen MR) is 73.5 cm³/mol. The van der Waals surface area contributed by atoms with Crippen molar-refractivity contribution in [3.63, 3.8) is 0 Å². The van der Waals surface area contributed by atoms with Crippen LogP contribution in [-0.2, 0) is 14.8 Å². The molecular weight excluding hydrogens is 260 g/mol. The van der Waals surface area contributed by atoms with Crippen LogP contribution in [0.2, 0.25) is 0 Å². The van der Waals surface area contributed by atoms with Gasteiger partial charge in [-0.05, 0) is 25.7 Å². The van der Waals surface area contributed by atoms with Crippen LogP contribution in [0.25, 0.3) is 0 Å².